The van der Waals surface area contributed by atoms with Gasteiger partial charge in [0, 0.05) is 13.0 Å². The van der Waals surface area contributed by atoms with E-state index >= 15 is 0 Å². The Morgan fingerprint density at radius 2 is 2.27 bits per heavy atom. The van der Waals surface area contributed by atoms with Crippen molar-refractivity contribution in [3.63, 3.8) is 0 Å². The maximum Gasteiger partial charge on any atom is 0.305 e. The molecule has 0 aromatic heterocycles. The number of hydrogen-bond donors (Lipinski definition) is 0. The standard InChI is InChI=1S/C7H14FNO2/c1-3-7(10)11-5-4-9(2)6-8/h3-6H2,1-2H3. The molecule has 0 aliphatic heterocycles. The first-order chi connectivity index (χ1) is 5.20. The molecule has 0 radical (unpaired) electrons. The SMILES string of the molecule is CCC(=O)OCCN(C)CF. The van der Waals surface area contributed by atoms with Crippen molar-refractivity contribution in [1.82, 2.24) is 4.90 Å². The molecular weight excluding hydrogens is 149 g/mol. The van der Waals surface area contributed by atoms with E-state index in [9.17, 15) is 9.18 Å². The molecule has 66 valence electrons. The maximum absolute atomic E-state index is 11.8. The number of esters is 1. The number of ether oxygens (including phenoxy) is 1. The molecule has 11 heavy (non-hydrogen) atoms. The summed E-state index contributed by atoms with van der Waals surface area (Å²) in [5, 5.41) is 0. The summed E-state index contributed by atoms with van der Waals surface area (Å²) >= 11 is 0. The van der Waals surface area contributed by atoms with Gasteiger partial charge in [0.25, 0.3) is 0 Å². The lowest BCUT2D eigenvalue weighted by molar-refractivity contribution is -0.143. The minimum Gasteiger partial charge on any atom is -0.464 e. The van der Waals surface area contributed by atoms with Crippen molar-refractivity contribution < 1.29 is 13.9 Å². The van der Waals surface area contributed by atoms with E-state index in [1.807, 2.05) is 0 Å². The topological polar surface area (TPSA) is 29.5 Å². The predicted octanol–water partition coefficient (Wildman–Crippen LogP) is 0.798. The number of carbonyl (C=O) groups is 1. The van der Waals surface area contributed by atoms with Gasteiger partial charge >= 0.3 is 5.97 Å². The average molecular weight is 163 g/mol. The second kappa shape index (κ2) is 6.09. The first-order valence-corrected chi connectivity index (χ1v) is 3.60. The molecule has 0 saturated carbocycles. The summed E-state index contributed by atoms with van der Waals surface area (Å²) in [7, 11) is 1.62. The van der Waals surface area contributed by atoms with Gasteiger partial charge in [-0.25, -0.2) is 4.39 Å². The number of rotatable bonds is 5. The Labute approximate surface area is 66.1 Å². The molecule has 0 bridgehead atoms. The second-order valence-corrected chi connectivity index (χ2v) is 2.27. The molecule has 0 atom stereocenters. The highest BCUT2D eigenvalue weighted by atomic mass is 19.1. The number of alkyl halides is 1. The zero-order chi connectivity index (χ0) is 8.69. The molecule has 0 heterocycles. The monoisotopic (exact) mass is 163 g/mol. The maximum atomic E-state index is 11.8. The van der Waals surface area contributed by atoms with Gasteiger partial charge in [0.15, 0.2) is 0 Å². The predicted molar refractivity (Wildman–Crippen MR) is 39.9 cm³/mol. The lowest BCUT2D eigenvalue weighted by atomic mass is 10.5. The van der Waals surface area contributed by atoms with Crippen LogP contribution in [0.25, 0.3) is 0 Å². The fourth-order valence-electron chi connectivity index (χ4n) is 0.477. The quantitative estimate of drug-likeness (QED) is 0.443. The van der Waals surface area contributed by atoms with E-state index in [2.05, 4.69) is 0 Å². The summed E-state index contributed by atoms with van der Waals surface area (Å²) in [5.41, 5.74) is 0. The lowest BCUT2D eigenvalue weighted by Crippen LogP contribution is -2.23. The molecule has 0 amide bonds. The Bertz CT molecular complexity index is 119. The van der Waals surface area contributed by atoms with Crippen LogP contribution in [0.3, 0.4) is 0 Å². The fourth-order valence-corrected chi connectivity index (χ4v) is 0.477. The van der Waals surface area contributed by atoms with Crippen molar-refractivity contribution in [2.45, 2.75) is 13.3 Å². The molecule has 0 rings (SSSR count). The van der Waals surface area contributed by atoms with Gasteiger partial charge in [-0.2, -0.15) is 0 Å². The molecule has 3 nitrogen and oxygen atoms in total. The molecule has 0 aromatic rings. The van der Waals surface area contributed by atoms with Crippen molar-refractivity contribution in [3.05, 3.63) is 0 Å². The van der Waals surface area contributed by atoms with E-state index in [4.69, 9.17) is 4.74 Å². The molecular formula is C7H14FNO2. The van der Waals surface area contributed by atoms with Gasteiger partial charge in [0.2, 0.25) is 0 Å². The van der Waals surface area contributed by atoms with Gasteiger partial charge in [0.05, 0.1) is 0 Å². The molecule has 0 fully saturated rings. The molecule has 4 heteroatoms. The van der Waals surface area contributed by atoms with Crippen molar-refractivity contribution >= 4 is 5.97 Å². The third-order valence-corrected chi connectivity index (χ3v) is 1.23. The smallest absolute Gasteiger partial charge is 0.305 e. The van der Waals surface area contributed by atoms with E-state index in [1.165, 1.54) is 4.90 Å². The van der Waals surface area contributed by atoms with E-state index in [0.717, 1.165) is 0 Å². The van der Waals surface area contributed by atoms with E-state index in [0.29, 0.717) is 13.0 Å². The molecule has 0 aliphatic carbocycles. The summed E-state index contributed by atoms with van der Waals surface area (Å²) in [6.07, 6.45) is 0.374. The van der Waals surface area contributed by atoms with Crippen LogP contribution in [-0.4, -0.2) is 37.9 Å². The number of halogens is 1. The Hall–Kier alpha value is -0.640. The number of hydrogen-bond acceptors (Lipinski definition) is 3. The molecule has 0 unspecified atom stereocenters. The van der Waals surface area contributed by atoms with E-state index in [-0.39, 0.29) is 12.6 Å². The third kappa shape index (κ3) is 5.79. The van der Waals surface area contributed by atoms with Crippen molar-refractivity contribution in [2.75, 3.05) is 27.0 Å². The Morgan fingerprint density at radius 1 is 1.64 bits per heavy atom. The number of carbonyl (C=O) groups excluding carboxylic acids is 1. The van der Waals surface area contributed by atoms with E-state index in [1.54, 1.807) is 14.0 Å². The van der Waals surface area contributed by atoms with Gasteiger partial charge < -0.3 is 4.74 Å². The van der Waals surface area contributed by atoms with Crippen LogP contribution >= 0.6 is 0 Å². The van der Waals surface area contributed by atoms with Crippen LogP contribution in [0.1, 0.15) is 13.3 Å². The van der Waals surface area contributed by atoms with Crippen LogP contribution in [0.5, 0.6) is 0 Å². The van der Waals surface area contributed by atoms with Crippen LogP contribution in [-0.2, 0) is 9.53 Å². The Morgan fingerprint density at radius 3 is 2.73 bits per heavy atom. The zero-order valence-corrected chi connectivity index (χ0v) is 6.97. The number of nitrogens with zero attached hydrogens (tertiary/aromatic N) is 1. The van der Waals surface area contributed by atoms with Gasteiger partial charge in [-0.15, -0.1) is 0 Å². The van der Waals surface area contributed by atoms with Gasteiger partial charge in [-0.05, 0) is 7.05 Å². The Balaban J connectivity index is 3.20. The molecule has 0 spiro atoms. The normalized spacial score (nSPS) is 10.2. The first kappa shape index (κ1) is 10.4. The average Bonchev–Trinajstić information content (AvgIpc) is 2.04. The summed E-state index contributed by atoms with van der Waals surface area (Å²) in [6, 6.07) is 0. The van der Waals surface area contributed by atoms with Crippen molar-refractivity contribution in [3.8, 4) is 0 Å². The van der Waals surface area contributed by atoms with Crippen LogP contribution in [0.15, 0.2) is 0 Å². The minimum absolute atomic E-state index is 0.239. The third-order valence-electron chi connectivity index (χ3n) is 1.23. The summed E-state index contributed by atoms with van der Waals surface area (Å²) < 4.78 is 16.5. The molecule has 0 aromatic carbocycles. The van der Waals surface area contributed by atoms with Crippen molar-refractivity contribution in [2.24, 2.45) is 0 Å². The summed E-state index contributed by atoms with van der Waals surface area (Å²) in [6.45, 7) is 1.93. The van der Waals surface area contributed by atoms with Crippen molar-refractivity contribution in [1.29, 1.82) is 0 Å². The van der Waals surface area contributed by atoms with E-state index < -0.39 is 6.80 Å². The highest BCUT2D eigenvalue weighted by Crippen LogP contribution is 1.86. The lowest BCUT2D eigenvalue weighted by Gasteiger charge is -2.10. The molecule has 0 N–H and O–H groups in total. The highest BCUT2D eigenvalue weighted by Gasteiger charge is 1.99. The molecule has 0 saturated heterocycles. The highest BCUT2D eigenvalue weighted by molar-refractivity contribution is 5.68. The zero-order valence-electron chi connectivity index (χ0n) is 6.97. The first-order valence-electron chi connectivity index (χ1n) is 3.60. The molecule has 0 aliphatic rings. The summed E-state index contributed by atoms with van der Waals surface area (Å²) in [4.78, 5) is 12.0. The van der Waals surface area contributed by atoms with Gasteiger partial charge in [-0.3, -0.25) is 9.69 Å². The van der Waals surface area contributed by atoms with Crippen LogP contribution < -0.4 is 0 Å². The summed E-state index contributed by atoms with van der Waals surface area (Å²) in [5.74, 6) is -0.239. The van der Waals surface area contributed by atoms with Crippen LogP contribution in [0, 0.1) is 0 Å². The van der Waals surface area contributed by atoms with Gasteiger partial charge in [0.1, 0.15) is 13.4 Å². The minimum atomic E-state index is -0.510. The van der Waals surface area contributed by atoms with Crippen LogP contribution in [0.2, 0.25) is 0 Å². The largest absolute Gasteiger partial charge is 0.464 e. The fraction of sp³-hybridized carbons (Fsp3) is 0.857. The Kier molecular flexibility index (Phi) is 5.74. The second-order valence-electron chi connectivity index (χ2n) is 2.27. The van der Waals surface area contributed by atoms with Crippen LogP contribution in [0.4, 0.5) is 4.39 Å². The number of likely N-dealkylation sites (N-methyl/N-ethyl adjacent to an activating group) is 1. The van der Waals surface area contributed by atoms with Gasteiger partial charge in [-0.1, -0.05) is 6.92 Å².